The first-order valence-corrected chi connectivity index (χ1v) is 9.82. The van der Waals surface area contributed by atoms with Crippen molar-refractivity contribution < 1.29 is 31.1 Å². The van der Waals surface area contributed by atoms with Gasteiger partial charge in [0.25, 0.3) is 15.9 Å². The van der Waals surface area contributed by atoms with Crippen LogP contribution in [0.2, 0.25) is 0 Å². The summed E-state index contributed by atoms with van der Waals surface area (Å²) in [5.74, 6) is -1.04. The number of para-hydroxylation sites is 1. The minimum absolute atomic E-state index is 0.0953. The molecule has 10 heteroatoms. The van der Waals surface area contributed by atoms with Crippen molar-refractivity contribution in [1.82, 2.24) is 4.90 Å². The second-order valence-electron chi connectivity index (χ2n) is 5.65. The summed E-state index contributed by atoms with van der Waals surface area (Å²) in [7, 11) is -4.35. The lowest BCUT2D eigenvalue weighted by atomic mass is 10.2. The van der Waals surface area contributed by atoms with Gasteiger partial charge in [-0.3, -0.25) is 9.52 Å². The fourth-order valence-corrected chi connectivity index (χ4v) is 3.65. The van der Waals surface area contributed by atoms with Gasteiger partial charge in [0.05, 0.1) is 0 Å². The normalized spacial score (nSPS) is 11.8. The molecule has 1 amide bonds. The van der Waals surface area contributed by atoms with E-state index in [2.05, 4.69) is 9.46 Å². The number of nitrogens with one attached hydrogen (secondary N) is 1. The third kappa shape index (κ3) is 5.38. The quantitative estimate of drug-likeness (QED) is 0.744. The molecule has 2 aromatic rings. The van der Waals surface area contributed by atoms with E-state index in [-0.39, 0.29) is 11.6 Å². The van der Waals surface area contributed by atoms with E-state index in [4.69, 9.17) is 0 Å². The number of sulfonamides is 1. The van der Waals surface area contributed by atoms with Crippen LogP contribution in [0.25, 0.3) is 0 Å². The number of hydrogen-bond donors (Lipinski definition) is 1. The molecular formula is C18H19F3N2O4S. The van der Waals surface area contributed by atoms with Gasteiger partial charge in [-0.25, -0.2) is 8.42 Å². The monoisotopic (exact) mass is 416 g/mol. The summed E-state index contributed by atoms with van der Waals surface area (Å²) in [5.41, 5.74) is 0.463. The molecule has 0 aliphatic heterocycles. The molecule has 28 heavy (non-hydrogen) atoms. The number of carbonyl (C=O) groups excluding carboxylic acids is 1. The van der Waals surface area contributed by atoms with Crippen molar-refractivity contribution >= 4 is 21.6 Å². The maximum Gasteiger partial charge on any atom is 0.573 e. The summed E-state index contributed by atoms with van der Waals surface area (Å²) in [6.45, 7) is 4.73. The molecule has 0 saturated carbocycles. The van der Waals surface area contributed by atoms with Gasteiger partial charge in [-0.15, -0.1) is 13.2 Å². The Morgan fingerprint density at radius 2 is 1.61 bits per heavy atom. The van der Waals surface area contributed by atoms with E-state index in [9.17, 15) is 26.4 Å². The molecule has 0 fully saturated rings. The summed E-state index contributed by atoms with van der Waals surface area (Å²) >= 11 is 0. The zero-order chi connectivity index (χ0) is 20.9. The topological polar surface area (TPSA) is 75.7 Å². The number of rotatable bonds is 7. The SMILES string of the molecule is CCN(CC)C(=O)c1ccc(NS(=O)(=O)c2ccccc2OC(F)(F)F)cc1. The molecule has 0 bridgehead atoms. The van der Waals surface area contributed by atoms with Crippen molar-refractivity contribution in [3.8, 4) is 5.75 Å². The Balaban J connectivity index is 2.25. The van der Waals surface area contributed by atoms with Gasteiger partial charge >= 0.3 is 6.36 Å². The molecule has 0 unspecified atom stereocenters. The predicted octanol–water partition coefficient (Wildman–Crippen LogP) is 3.87. The lowest BCUT2D eigenvalue weighted by Gasteiger charge is -2.18. The van der Waals surface area contributed by atoms with Crippen molar-refractivity contribution in [2.24, 2.45) is 0 Å². The van der Waals surface area contributed by atoms with Gasteiger partial charge in [0.2, 0.25) is 0 Å². The average molecular weight is 416 g/mol. The first kappa shape index (κ1) is 21.5. The smallest absolute Gasteiger partial charge is 0.404 e. The molecule has 152 valence electrons. The maximum atomic E-state index is 12.5. The molecule has 1 N–H and O–H groups in total. The van der Waals surface area contributed by atoms with E-state index in [0.29, 0.717) is 18.7 Å². The number of anilines is 1. The van der Waals surface area contributed by atoms with Crippen LogP contribution in [0.5, 0.6) is 5.75 Å². The lowest BCUT2D eigenvalue weighted by molar-refractivity contribution is -0.275. The van der Waals surface area contributed by atoms with Crippen LogP contribution in [0.15, 0.2) is 53.4 Å². The van der Waals surface area contributed by atoms with Crippen molar-refractivity contribution in [2.75, 3.05) is 17.8 Å². The van der Waals surface area contributed by atoms with Gasteiger partial charge in [0.15, 0.2) is 0 Å². The number of hydrogen-bond acceptors (Lipinski definition) is 4. The van der Waals surface area contributed by atoms with E-state index in [0.717, 1.165) is 12.1 Å². The summed E-state index contributed by atoms with van der Waals surface area (Å²) in [4.78, 5) is 13.2. The summed E-state index contributed by atoms with van der Waals surface area (Å²) in [6.07, 6.45) is -5.03. The highest BCUT2D eigenvalue weighted by atomic mass is 32.2. The second kappa shape index (κ2) is 8.51. The number of benzene rings is 2. The van der Waals surface area contributed by atoms with E-state index >= 15 is 0 Å². The van der Waals surface area contributed by atoms with Crippen molar-refractivity contribution in [3.63, 3.8) is 0 Å². The second-order valence-corrected chi connectivity index (χ2v) is 7.31. The maximum absolute atomic E-state index is 12.5. The molecule has 6 nitrogen and oxygen atoms in total. The number of carbonyl (C=O) groups is 1. The van der Waals surface area contributed by atoms with Crippen molar-refractivity contribution in [1.29, 1.82) is 0 Å². The number of nitrogens with zero attached hydrogens (tertiary/aromatic N) is 1. The van der Waals surface area contributed by atoms with E-state index < -0.39 is 27.0 Å². The molecule has 0 aliphatic carbocycles. The first-order valence-electron chi connectivity index (χ1n) is 8.34. The molecular weight excluding hydrogens is 397 g/mol. The third-order valence-corrected chi connectivity index (χ3v) is 5.22. The third-order valence-electron chi connectivity index (χ3n) is 3.80. The fourth-order valence-electron chi connectivity index (χ4n) is 2.47. The van der Waals surface area contributed by atoms with Crippen molar-refractivity contribution in [3.05, 3.63) is 54.1 Å². The van der Waals surface area contributed by atoms with Gasteiger partial charge < -0.3 is 9.64 Å². The average Bonchev–Trinajstić information content (AvgIpc) is 2.62. The Morgan fingerprint density at radius 1 is 1.04 bits per heavy atom. The number of amides is 1. The van der Waals surface area contributed by atoms with Crippen LogP contribution in [0, 0.1) is 0 Å². The minimum atomic E-state index is -5.03. The number of alkyl halides is 3. The van der Waals surface area contributed by atoms with Crippen LogP contribution in [0.3, 0.4) is 0 Å². The Kier molecular flexibility index (Phi) is 6.55. The summed E-state index contributed by atoms with van der Waals surface area (Å²) < 4.78 is 68.5. The number of halogens is 3. The van der Waals surface area contributed by atoms with Gasteiger partial charge in [-0.05, 0) is 50.2 Å². The van der Waals surface area contributed by atoms with Gasteiger partial charge in [0.1, 0.15) is 10.6 Å². The zero-order valence-electron chi connectivity index (χ0n) is 15.2. The molecule has 0 heterocycles. The van der Waals surface area contributed by atoms with E-state index in [1.54, 1.807) is 4.90 Å². The summed E-state index contributed by atoms with van der Waals surface area (Å²) in [5, 5.41) is 0. The van der Waals surface area contributed by atoms with Crippen LogP contribution in [0.4, 0.5) is 18.9 Å². The predicted molar refractivity (Wildman–Crippen MR) is 97.6 cm³/mol. The molecule has 0 spiro atoms. The summed E-state index contributed by atoms with van der Waals surface area (Å²) in [6, 6.07) is 10.0. The highest BCUT2D eigenvalue weighted by Crippen LogP contribution is 2.30. The molecule has 0 radical (unpaired) electrons. The molecule has 2 rings (SSSR count). The number of ether oxygens (including phenoxy) is 1. The van der Waals surface area contributed by atoms with E-state index in [1.807, 2.05) is 13.8 Å². The Hall–Kier alpha value is -2.75. The highest BCUT2D eigenvalue weighted by molar-refractivity contribution is 7.92. The van der Waals surface area contributed by atoms with Gasteiger partial charge in [-0.1, -0.05) is 12.1 Å². The minimum Gasteiger partial charge on any atom is -0.404 e. The lowest BCUT2D eigenvalue weighted by Crippen LogP contribution is -2.30. The largest absolute Gasteiger partial charge is 0.573 e. The molecule has 2 aromatic carbocycles. The molecule has 0 aromatic heterocycles. The first-order chi connectivity index (χ1) is 13.1. The molecule has 0 aliphatic rings. The highest BCUT2D eigenvalue weighted by Gasteiger charge is 2.34. The Bertz CT molecular complexity index is 925. The Morgan fingerprint density at radius 3 is 2.14 bits per heavy atom. The van der Waals surface area contributed by atoms with Crippen LogP contribution >= 0.6 is 0 Å². The van der Waals surface area contributed by atoms with Gasteiger partial charge in [0, 0.05) is 24.3 Å². The van der Waals surface area contributed by atoms with Crippen LogP contribution in [0.1, 0.15) is 24.2 Å². The zero-order valence-corrected chi connectivity index (χ0v) is 16.0. The van der Waals surface area contributed by atoms with Crippen molar-refractivity contribution in [2.45, 2.75) is 25.1 Å². The van der Waals surface area contributed by atoms with Crippen LogP contribution in [-0.2, 0) is 10.0 Å². The molecule has 0 atom stereocenters. The standard InChI is InChI=1S/C18H19F3N2O4S/c1-3-23(4-2)17(24)13-9-11-14(12-10-13)22-28(25,26)16-8-6-5-7-15(16)27-18(19,20)21/h5-12,22H,3-4H2,1-2H3. The fraction of sp³-hybridized carbons (Fsp3) is 0.278. The Labute approximate surface area is 161 Å². The van der Waals surface area contributed by atoms with E-state index in [1.165, 1.54) is 36.4 Å². The van der Waals surface area contributed by atoms with Crippen LogP contribution in [-0.4, -0.2) is 38.7 Å². The molecule has 0 saturated heterocycles. The van der Waals surface area contributed by atoms with Crippen LogP contribution < -0.4 is 9.46 Å². The van der Waals surface area contributed by atoms with Gasteiger partial charge in [-0.2, -0.15) is 0 Å².